The molecule has 1 aliphatic rings. The molecule has 0 saturated carbocycles. The normalized spacial score (nSPS) is 18.2. The number of para-hydroxylation sites is 1. The van der Waals surface area contributed by atoms with Gasteiger partial charge in [0.15, 0.2) is 14.0 Å². The van der Waals surface area contributed by atoms with Gasteiger partial charge in [0.05, 0.1) is 29.7 Å². The predicted molar refractivity (Wildman–Crippen MR) is 156 cm³/mol. The molecule has 1 aliphatic heterocycles. The number of likely N-dealkylation sites (tertiary alicyclic amines) is 1. The van der Waals surface area contributed by atoms with Gasteiger partial charge in [-0.1, -0.05) is 48.4 Å². The third-order valence-corrected chi connectivity index (χ3v) is 15.4. The zero-order chi connectivity index (χ0) is 28.6. The number of nitrogens with zero attached hydrogens (tertiary/aromatic N) is 2. The van der Waals surface area contributed by atoms with E-state index in [1.807, 2.05) is 25.1 Å². The molecule has 0 N–H and O–H groups in total. The number of β-lactam (4-membered cyclic amide) rings is 1. The van der Waals surface area contributed by atoms with Gasteiger partial charge >= 0.3 is 16.1 Å². The SMILES string of the molecule is COC(=O)/C(=C(\C)OS(C)(=O)=O)N1C[C@H](SSc2cccc3sc([C@@H](C)O[Si](C)(C)C(C)(C)C)nc23)C1=O. The highest BCUT2D eigenvalue weighted by molar-refractivity contribution is 8.77. The first-order valence-corrected chi connectivity index (χ1v) is 19.6. The molecular weight excluding hydrogens is 585 g/mol. The zero-order valence-corrected chi connectivity index (χ0v) is 27.2. The van der Waals surface area contributed by atoms with E-state index in [1.165, 1.54) is 33.4 Å². The molecule has 0 spiro atoms. The lowest BCUT2D eigenvalue weighted by Gasteiger charge is -2.38. The first kappa shape index (κ1) is 31.0. The molecule has 1 saturated heterocycles. The molecule has 2 heterocycles. The average Bonchev–Trinajstić information content (AvgIpc) is 3.23. The van der Waals surface area contributed by atoms with Gasteiger partial charge in [-0.05, 0) is 44.1 Å². The maximum absolute atomic E-state index is 12.9. The fourth-order valence-corrected chi connectivity index (χ4v) is 8.94. The van der Waals surface area contributed by atoms with Gasteiger partial charge < -0.3 is 18.2 Å². The number of ether oxygens (including phenoxy) is 1. The molecule has 2 aromatic rings. The fraction of sp³-hybridized carbons (Fsp3) is 0.542. The molecule has 0 bridgehead atoms. The second kappa shape index (κ2) is 11.5. The summed E-state index contributed by atoms with van der Waals surface area (Å²) in [6.45, 7) is 14.7. The summed E-state index contributed by atoms with van der Waals surface area (Å²) in [5.74, 6) is -1.39. The third kappa shape index (κ3) is 6.94. The maximum Gasteiger partial charge on any atom is 0.358 e. The monoisotopic (exact) mass is 618 g/mol. The summed E-state index contributed by atoms with van der Waals surface area (Å²) in [6, 6.07) is 5.96. The molecule has 0 radical (unpaired) electrons. The minimum absolute atomic E-state index is 0.0944. The Bertz CT molecular complexity index is 1370. The van der Waals surface area contributed by atoms with Crippen molar-refractivity contribution < 1.29 is 31.4 Å². The standard InChI is InChI=1S/C24H34N2O7S4Si/c1-14(32-37(7,29)30)20(23(28)31-6)26-13-18(22(26)27)36-35-17-12-10-11-16-19(17)25-21(34-16)15(2)33-38(8,9)24(3,4)5/h10-12,15,18H,13H2,1-9H3/b20-14-/t15-,18+/m1/s1. The lowest BCUT2D eigenvalue weighted by molar-refractivity contribution is -0.146. The van der Waals surface area contributed by atoms with E-state index in [0.29, 0.717) is 0 Å². The van der Waals surface area contributed by atoms with Gasteiger partial charge in [-0.3, -0.25) is 4.79 Å². The molecule has 210 valence electrons. The van der Waals surface area contributed by atoms with Crippen LogP contribution in [0.5, 0.6) is 0 Å². The zero-order valence-electron chi connectivity index (χ0n) is 23.0. The number of fused-ring (bicyclic) bond motifs is 1. The maximum atomic E-state index is 12.9. The minimum Gasteiger partial charge on any atom is -0.464 e. The topological polar surface area (TPSA) is 112 Å². The molecular formula is C24H34N2O7S4Si. The molecule has 1 fully saturated rings. The number of benzene rings is 1. The number of amides is 1. The van der Waals surface area contributed by atoms with Crippen molar-refractivity contribution in [1.82, 2.24) is 9.88 Å². The van der Waals surface area contributed by atoms with Crippen LogP contribution in [0, 0.1) is 0 Å². The molecule has 0 aliphatic carbocycles. The van der Waals surface area contributed by atoms with Crippen LogP contribution in [-0.2, 0) is 33.1 Å². The molecule has 1 aromatic heterocycles. The number of hydrogen-bond acceptors (Lipinski definition) is 11. The molecule has 2 atom stereocenters. The molecule has 1 aromatic carbocycles. The Hall–Kier alpha value is -1.58. The number of aromatic nitrogens is 1. The van der Waals surface area contributed by atoms with Gasteiger partial charge in [0, 0.05) is 11.4 Å². The van der Waals surface area contributed by atoms with Crippen LogP contribution in [0.1, 0.15) is 45.7 Å². The van der Waals surface area contributed by atoms with Crippen LogP contribution in [0.25, 0.3) is 10.2 Å². The quantitative estimate of drug-likeness (QED) is 0.0624. The van der Waals surface area contributed by atoms with Crippen molar-refractivity contribution in [1.29, 1.82) is 0 Å². The van der Waals surface area contributed by atoms with Gasteiger partial charge in [-0.2, -0.15) is 8.42 Å². The summed E-state index contributed by atoms with van der Waals surface area (Å²) in [5, 5.41) is 0.583. The number of thiazole rings is 1. The summed E-state index contributed by atoms with van der Waals surface area (Å²) >= 11 is 1.61. The summed E-state index contributed by atoms with van der Waals surface area (Å²) in [4.78, 5) is 32.2. The van der Waals surface area contributed by atoms with E-state index in [0.717, 1.165) is 33.5 Å². The lowest BCUT2D eigenvalue weighted by atomic mass is 10.1. The van der Waals surface area contributed by atoms with Gasteiger partial charge in [-0.25, -0.2) is 9.78 Å². The lowest BCUT2D eigenvalue weighted by Crippen LogP contribution is -2.55. The van der Waals surface area contributed by atoms with E-state index >= 15 is 0 Å². The summed E-state index contributed by atoms with van der Waals surface area (Å²) in [6.07, 6.45) is 0.741. The molecule has 3 rings (SSSR count). The molecule has 0 unspecified atom stereocenters. The smallest absolute Gasteiger partial charge is 0.358 e. The van der Waals surface area contributed by atoms with Crippen LogP contribution in [-0.4, -0.2) is 63.7 Å². The van der Waals surface area contributed by atoms with Crippen molar-refractivity contribution in [3.63, 3.8) is 0 Å². The minimum atomic E-state index is -3.87. The van der Waals surface area contributed by atoms with Crippen LogP contribution in [0.4, 0.5) is 0 Å². The average molecular weight is 619 g/mol. The Labute approximate surface area is 237 Å². The Morgan fingerprint density at radius 2 is 1.95 bits per heavy atom. The molecule has 1 amide bonds. The second-order valence-corrected chi connectivity index (χ2v) is 20.3. The summed E-state index contributed by atoms with van der Waals surface area (Å²) in [5.41, 5.74) is 0.651. The van der Waals surface area contributed by atoms with E-state index in [2.05, 4.69) is 33.9 Å². The highest BCUT2D eigenvalue weighted by Crippen LogP contribution is 2.45. The van der Waals surface area contributed by atoms with Gasteiger partial charge in [0.25, 0.3) is 0 Å². The molecule has 9 nitrogen and oxygen atoms in total. The van der Waals surface area contributed by atoms with Crippen molar-refractivity contribution in [2.24, 2.45) is 0 Å². The van der Waals surface area contributed by atoms with E-state index in [9.17, 15) is 18.0 Å². The van der Waals surface area contributed by atoms with Gasteiger partial charge in [-0.15, -0.1) is 11.3 Å². The van der Waals surface area contributed by atoms with Crippen molar-refractivity contribution >= 4 is 73.5 Å². The number of hydrogen-bond donors (Lipinski definition) is 0. The molecule has 38 heavy (non-hydrogen) atoms. The van der Waals surface area contributed by atoms with Crippen molar-refractivity contribution in [3.8, 4) is 0 Å². The Morgan fingerprint density at radius 1 is 1.29 bits per heavy atom. The van der Waals surface area contributed by atoms with Gasteiger partial charge in [0.2, 0.25) is 5.91 Å². The number of carbonyl (C=O) groups is 2. The Kier molecular flexibility index (Phi) is 9.36. The van der Waals surface area contributed by atoms with Crippen LogP contribution >= 0.6 is 32.9 Å². The second-order valence-electron chi connectivity index (χ2n) is 10.5. The first-order chi connectivity index (χ1) is 17.4. The number of esters is 1. The first-order valence-electron chi connectivity index (χ1n) is 11.9. The highest BCUT2D eigenvalue weighted by atomic mass is 33.1. The van der Waals surface area contributed by atoms with Gasteiger partial charge in [0.1, 0.15) is 16.0 Å². The van der Waals surface area contributed by atoms with Crippen LogP contribution in [0.15, 0.2) is 34.6 Å². The van der Waals surface area contributed by atoms with Crippen molar-refractivity contribution in [3.05, 3.63) is 34.7 Å². The Balaban J connectivity index is 1.73. The number of carbonyl (C=O) groups excluding carboxylic acids is 2. The number of allylic oxidation sites excluding steroid dienone is 1. The number of methoxy groups -OCH3 is 1. The van der Waals surface area contributed by atoms with Crippen molar-refractivity contribution in [2.45, 2.75) is 69.0 Å². The van der Waals surface area contributed by atoms with E-state index in [4.69, 9.17) is 18.3 Å². The summed E-state index contributed by atoms with van der Waals surface area (Å²) in [7, 11) is -1.86. The van der Waals surface area contributed by atoms with Crippen LogP contribution < -0.4 is 0 Å². The highest BCUT2D eigenvalue weighted by Gasteiger charge is 2.44. The Morgan fingerprint density at radius 3 is 2.50 bits per heavy atom. The largest absolute Gasteiger partial charge is 0.464 e. The van der Waals surface area contributed by atoms with Crippen LogP contribution in [0.2, 0.25) is 18.1 Å². The van der Waals surface area contributed by atoms with Crippen molar-refractivity contribution in [2.75, 3.05) is 19.9 Å². The van der Waals surface area contributed by atoms with E-state index in [1.54, 1.807) is 11.3 Å². The van der Waals surface area contributed by atoms with E-state index in [-0.39, 0.29) is 35.1 Å². The third-order valence-electron chi connectivity index (χ3n) is 6.43. The van der Waals surface area contributed by atoms with Crippen LogP contribution in [0.3, 0.4) is 0 Å². The molecule has 14 heteroatoms. The summed E-state index contributed by atoms with van der Waals surface area (Å²) < 4.78 is 40.2. The number of rotatable bonds is 10. The fourth-order valence-electron chi connectivity index (χ4n) is 3.44. The van der Waals surface area contributed by atoms with E-state index < -0.39 is 29.7 Å². The predicted octanol–water partition coefficient (Wildman–Crippen LogP) is 5.71.